The van der Waals surface area contributed by atoms with E-state index in [1.54, 1.807) is 14.2 Å². The quantitative estimate of drug-likeness (QED) is 0.615. The van der Waals surface area contributed by atoms with Gasteiger partial charge >= 0.3 is 0 Å². The number of H-pyrrole nitrogens is 1. The molecule has 0 saturated heterocycles. The minimum atomic E-state index is -0.360. The van der Waals surface area contributed by atoms with Gasteiger partial charge in [0.15, 0.2) is 17.8 Å². The zero-order chi connectivity index (χ0) is 12.3. The van der Waals surface area contributed by atoms with E-state index in [4.69, 9.17) is 21.1 Å². The van der Waals surface area contributed by atoms with E-state index in [2.05, 4.69) is 25.3 Å². The van der Waals surface area contributed by atoms with E-state index in [-0.39, 0.29) is 11.6 Å². The van der Waals surface area contributed by atoms with E-state index >= 15 is 0 Å². The van der Waals surface area contributed by atoms with Crippen LogP contribution in [0.3, 0.4) is 0 Å². The zero-order valence-corrected chi connectivity index (χ0v) is 10.2. The van der Waals surface area contributed by atoms with Crippen molar-refractivity contribution in [2.45, 2.75) is 6.29 Å². The number of aromatic nitrogens is 4. The number of hydrogen-bond acceptors (Lipinski definition) is 6. The Morgan fingerprint density at radius 3 is 2.88 bits per heavy atom. The topological polar surface area (TPSA) is 85.0 Å². The number of rotatable bonds is 5. The fraction of sp³-hybridized carbons (Fsp3) is 0.444. The van der Waals surface area contributed by atoms with Crippen LogP contribution < -0.4 is 5.32 Å². The molecule has 0 radical (unpaired) electrons. The molecule has 0 atom stereocenters. The maximum absolute atomic E-state index is 5.79. The smallest absolute Gasteiger partial charge is 0.226 e. The van der Waals surface area contributed by atoms with E-state index in [1.165, 1.54) is 6.33 Å². The number of fused-ring (bicyclic) bond motifs is 1. The molecule has 17 heavy (non-hydrogen) atoms. The Balaban J connectivity index is 2.20. The van der Waals surface area contributed by atoms with Crippen LogP contribution in [0.25, 0.3) is 11.2 Å². The Kier molecular flexibility index (Phi) is 3.72. The molecule has 2 aromatic rings. The summed E-state index contributed by atoms with van der Waals surface area (Å²) in [5.74, 6) is 0.566. The molecule has 0 bridgehead atoms. The van der Waals surface area contributed by atoms with E-state index in [9.17, 15) is 0 Å². The van der Waals surface area contributed by atoms with Gasteiger partial charge in [0.1, 0.15) is 5.52 Å². The maximum atomic E-state index is 5.79. The van der Waals surface area contributed by atoms with Crippen molar-refractivity contribution in [1.82, 2.24) is 19.9 Å². The third-order valence-corrected chi connectivity index (χ3v) is 2.39. The number of nitrogens with one attached hydrogen (secondary N) is 2. The van der Waals surface area contributed by atoms with Gasteiger partial charge in [0.05, 0.1) is 12.9 Å². The van der Waals surface area contributed by atoms with Gasteiger partial charge in [0.2, 0.25) is 5.28 Å². The molecule has 2 N–H and O–H groups in total. The van der Waals surface area contributed by atoms with Crippen LogP contribution in [-0.2, 0) is 9.47 Å². The number of aromatic amines is 1. The Bertz CT molecular complexity index is 499. The molecule has 0 spiro atoms. The largest absolute Gasteiger partial charge is 0.363 e. The molecular formula is C9H12ClN5O2. The molecule has 2 aromatic heterocycles. The highest BCUT2D eigenvalue weighted by molar-refractivity contribution is 6.28. The second-order valence-electron chi connectivity index (χ2n) is 3.22. The predicted molar refractivity (Wildman–Crippen MR) is 63.0 cm³/mol. The normalized spacial score (nSPS) is 11.3. The summed E-state index contributed by atoms with van der Waals surface area (Å²) in [6.07, 6.45) is 1.17. The highest BCUT2D eigenvalue weighted by Gasteiger charge is 2.11. The average molecular weight is 258 g/mol. The van der Waals surface area contributed by atoms with E-state index in [0.29, 0.717) is 23.5 Å². The minimum absolute atomic E-state index is 0.137. The first-order valence-corrected chi connectivity index (χ1v) is 5.28. The lowest BCUT2D eigenvalue weighted by molar-refractivity contribution is -0.0914. The fourth-order valence-corrected chi connectivity index (χ4v) is 1.54. The van der Waals surface area contributed by atoms with Gasteiger partial charge in [-0.2, -0.15) is 9.97 Å². The summed E-state index contributed by atoms with van der Waals surface area (Å²) in [6, 6.07) is 0. The second-order valence-corrected chi connectivity index (χ2v) is 3.56. The monoisotopic (exact) mass is 257 g/mol. The first-order chi connectivity index (χ1) is 8.24. The van der Waals surface area contributed by atoms with Crippen LogP contribution in [0, 0.1) is 0 Å². The summed E-state index contributed by atoms with van der Waals surface area (Å²) in [4.78, 5) is 15.0. The molecular weight excluding hydrogens is 246 g/mol. The highest BCUT2D eigenvalue weighted by Crippen LogP contribution is 2.18. The van der Waals surface area contributed by atoms with Crippen LogP contribution in [0.4, 0.5) is 5.82 Å². The number of imidazole rings is 1. The molecule has 0 amide bonds. The molecule has 0 fully saturated rings. The molecule has 8 heteroatoms. The third kappa shape index (κ3) is 2.63. The lowest BCUT2D eigenvalue weighted by Crippen LogP contribution is -2.24. The van der Waals surface area contributed by atoms with Gasteiger partial charge in [-0.1, -0.05) is 0 Å². The number of nitrogens with zero attached hydrogens (tertiary/aromatic N) is 3. The number of hydrogen-bond donors (Lipinski definition) is 2. The Labute approximate surface area is 103 Å². The first kappa shape index (κ1) is 12.0. The predicted octanol–water partition coefficient (Wildman–Crippen LogP) is 1.04. The molecule has 92 valence electrons. The summed E-state index contributed by atoms with van der Waals surface area (Å²) in [5, 5.41) is 3.20. The number of methoxy groups -OCH3 is 2. The molecule has 2 rings (SSSR count). The third-order valence-electron chi connectivity index (χ3n) is 2.22. The van der Waals surface area contributed by atoms with Gasteiger partial charge in [-0.15, -0.1) is 0 Å². The Morgan fingerprint density at radius 2 is 2.18 bits per heavy atom. The van der Waals surface area contributed by atoms with Gasteiger partial charge in [0.25, 0.3) is 0 Å². The van der Waals surface area contributed by atoms with Crippen molar-refractivity contribution < 1.29 is 9.47 Å². The van der Waals surface area contributed by atoms with Gasteiger partial charge in [-0.3, -0.25) is 0 Å². The van der Waals surface area contributed by atoms with Crippen molar-refractivity contribution in [3.63, 3.8) is 0 Å². The number of anilines is 1. The fourth-order valence-electron chi connectivity index (χ4n) is 1.38. The zero-order valence-electron chi connectivity index (χ0n) is 9.40. The molecule has 0 aliphatic rings. The minimum Gasteiger partial charge on any atom is -0.363 e. The van der Waals surface area contributed by atoms with E-state index in [1.807, 2.05) is 0 Å². The Hall–Kier alpha value is -1.44. The van der Waals surface area contributed by atoms with E-state index < -0.39 is 0 Å². The number of halogens is 1. The van der Waals surface area contributed by atoms with Crippen LogP contribution in [-0.4, -0.2) is 47.0 Å². The van der Waals surface area contributed by atoms with Crippen molar-refractivity contribution >= 4 is 28.6 Å². The van der Waals surface area contributed by atoms with E-state index in [0.717, 1.165) is 0 Å². The van der Waals surface area contributed by atoms with Gasteiger partial charge in [0, 0.05) is 14.2 Å². The van der Waals surface area contributed by atoms with Crippen molar-refractivity contribution in [2.75, 3.05) is 26.1 Å². The lowest BCUT2D eigenvalue weighted by atomic mass is 10.4. The molecule has 0 aliphatic heterocycles. The SMILES string of the molecule is COC(CNc1nc(Cl)nc2nc[nH]c12)OC. The van der Waals surface area contributed by atoms with Crippen molar-refractivity contribution in [1.29, 1.82) is 0 Å². The molecule has 0 aliphatic carbocycles. The van der Waals surface area contributed by atoms with Gasteiger partial charge in [-0.05, 0) is 11.6 Å². The molecule has 7 nitrogen and oxygen atoms in total. The summed E-state index contributed by atoms with van der Waals surface area (Å²) < 4.78 is 10.1. The molecule has 0 unspecified atom stereocenters. The standard InChI is InChI=1S/C9H12ClN5O2/c1-16-5(17-2)3-11-7-6-8(13-4-12-6)15-9(10)14-7/h4-5H,3H2,1-2H3,(H2,11,12,13,14,15). The summed E-state index contributed by atoms with van der Waals surface area (Å²) in [5.41, 5.74) is 1.21. The highest BCUT2D eigenvalue weighted by atomic mass is 35.5. The van der Waals surface area contributed by atoms with Crippen molar-refractivity contribution in [3.8, 4) is 0 Å². The van der Waals surface area contributed by atoms with Crippen molar-refractivity contribution in [2.24, 2.45) is 0 Å². The first-order valence-electron chi connectivity index (χ1n) is 4.90. The lowest BCUT2D eigenvalue weighted by Gasteiger charge is -2.14. The average Bonchev–Trinajstić information content (AvgIpc) is 2.78. The number of ether oxygens (including phenoxy) is 2. The summed E-state index contributed by atoms with van der Waals surface area (Å²) in [7, 11) is 3.13. The van der Waals surface area contributed by atoms with Crippen molar-refractivity contribution in [3.05, 3.63) is 11.6 Å². The Morgan fingerprint density at radius 1 is 1.41 bits per heavy atom. The van der Waals surface area contributed by atoms with Crippen LogP contribution in [0.1, 0.15) is 0 Å². The molecule has 0 saturated carbocycles. The molecule has 2 heterocycles. The van der Waals surface area contributed by atoms with Crippen LogP contribution in [0.5, 0.6) is 0 Å². The van der Waals surface area contributed by atoms with Gasteiger partial charge in [-0.25, -0.2) is 4.98 Å². The molecule has 0 aromatic carbocycles. The van der Waals surface area contributed by atoms with Gasteiger partial charge < -0.3 is 19.8 Å². The second kappa shape index (κ2) is 5.26. The maximum Gasteiger partial charge on any atom is 0.226 e. The van der Waals surface area contributed by atoms with Crippen LogP contribution in [0.15, 0.2) is 6.33 Å². The van der Waals surface area contributed by atoms with Crippen LogP contribution >= 0.6 is 11.6 Å². The van der Waals surface area contributed by atoms with Crippen LogP contribution in [0.2, 0.25) is 5.28 Å². The summed E-state index contributed by atoms with van der Waals surface area (Å²) >= 11 is 5.79. The summed E-state index contributed by atoms with van der Waals surface area (Å²) in [6.45, 7) is 0.439.